The first-order valence-corrected chi connectivity index (χ1v) is 9.30. The smallest absolute Gasteiger partial charge is 0.408 e. The van der Waals surface area contributed by atoms with Crippen LogP contribution in [0.4, 0.5) is 10.5 Å². The Kier molecular flexibility index (Phi) is 5.70. The Bertz CT molecular complexity index is 873. The summed E-state index contributed by atoms with van der Waals surface area (Å²) in [5.74, 6) is -0.222. The Labute approximate surface area is 165 Å². The fourth-order valence-electron chi connectivity index (χ4n) is 3.32. The van der Waals surface area contributed by atoms with Crippen molar-refractivity contribution in [3.63, 3.8) is 0 Å². The van der Waals surface area contributed by atoms with Crippen LogP contribution in [0.25, 0.3) is 11.1 Å². The lowest BCUT2D eigenvalue weighted by atomic mass is 9.95. The van der Waals surface area contributed by atoms with Crippen LogP contribution in [0.15, 0.2) is 48.5 Å². The van der Waals surface area contributed by atoms with Gasteiger partial charge >= 0.3 is 6.09 Å². The molecular formula is C22H26N2O4. The summed E-state index contributed by atoms with van der Waals surface area (Å²) < 4.78 is 10.6. The average molecular weight is 382 g/mol. The van der Waals surface area contributed by atoms with Crippen LogP contribution in [0.3, 0.4) is 0 Å². The van der Waals surface area contributed by atoms with Crippen molar-refractivity contribution in [1.82, 2.24) is 5.32 Å². The molecule has 1 heterocycles. The van der Waals surface area contributed by atoms with Crippen molar-refractivity contribution in [1.29, 1.82) is 0 Å². The monoisotopic (exact) mass is 382 g/mol. The Balaban J connectivity index is 2.07. The van der Waals surface area contributed by atoms with E-state index in [0.717, 1.165) is 22.4 Å². The fourth-order valence-corrected chi connectivity index (χ4v) is 3.32. The summed E-state index contributed by atoms with van der Waals surface area (Å²) >= 11 is 0. The van der Waals surface area contributed by atoms with E-state index in [1.54, 1.807) is 32.8 Å². The maximum Gasteiger partial charge on any atom is 0.408 e. The molecule has 148 valence electrons. The molecule has 6 nitrogen and oxygen atoms in total. The molecule has 2 aromatic rings. The van der Waals surface area contributed by atoms with Crippen LogP contribution < -0.4 is 10.2 Å². The van der Waals surface area contributed by atoms with Gasteiger partial charge in [0, 0.05) is 19.2 Å². The number of fused-ring (bicyclic) bond motifs is 3. The number of carbonyl (C=O) groups is 2. The third-order valence-electron chi connectivity index (χ3n) is 4.45. The lowest BCUT2D eigenvalue weighted by molar-refractivity contribution is -0.120. The van der Waals surface area contributed by atoms with Gasteiger partial charge in [0.25, 0.3) is 5.91 Å². The van der Waals surface area contributed by atoms with Crippen molar-refractivity contribution in [2.45, 2.75) is 32.4 Å². The van der Waals surface area contributed by atoms with Crippen LogP contribution in [0.5, 0.6) is 0 Å². The molecule has 1 atom stereocenters. The molecule has 2 amide bonds. The number of para-hydroxylation sites is 1. The molecule has 0 aliphatic carbocycles. The first-order valence-electron chi connectivity index (χ1n) is 9.30. The summed E-state index contributed by atoms with van der Waals surface area (Å²) in [4.78, 5) is 27.6. The minimum absolute atomic E-state index is 0.222. The summed E-state index contributed by atoms with van der Waals surface area (Å²) in [6.45, 7) is 6.13. The number of anilines is 1. The van der Waals surface area contributed by atoms with Crippen LogP contribution in [-0.2, 0) is 14.3 Å². The van der Waals surface area contributed by atoms with Gasteiger partial charge in [-0.25, -0.2) is 4.79 Å². The molecule has 28 heavy (non-hydrogen) atoms. The van der Waals surface area contributed by atoms with E-state index in [1.807, 2.05) is 48.5 Å². The topological polar surface area (TPSA) is 67.9 Å². The number of hydrogen-bond donors (Lipinski definition) is 1. The van der Waals surface area contributed by atoms with Gasteiger partial charge in [-0.3, -0.25) is 4.79 Å². The lowest BCUT2D eigenvalue weighted by Crippen LogP contribution is -2.45. The van der Waals surface area contributed by atoms with Crippen molar-refractivity contribution in [3.05, 3.63) is 54.1 Å². The van der Waals surface area contributed by atoms with Gasteiger partial charge < -0.3 is 19.7 Å². The number of ether oxygens (including phenoxy) is 2. The van der Waals surface area contributed by atoms with Crippen molar-refractivity contribution in [2.75, 3.05) is 25.2 Å². The summed E-state index contributed by atoms with van der Waals surface area (Å²) in [6, 6.07) is 14.5. The molecule has 0 aromatic heterocycles. The molecule has 1 N–H and O–H groups in total. The number of nitrogens with one attached hydrogen (secondary N) is 1. The third kappa shape index (κ3) is 4.17. The SMILES string of the molecule is COCCN1C(=O)[C@@H](NC(=O)OC(C)(C)C)c2ccccc2-c2ccccc21. The van der Waals surface area contributed by atoms with Gasteiger partial charge in [0.1, 0.15) is 11.6 Å². The minimum Gasteiger partial charge on any atom is -0.444 e. The van der Waals surface area contributed by atoms with E-state index in [2.05, 4.69) is 5.32 Å². The van der Waals surface area contributed by atoms with Gasteiger partial charge in [-0.2, -0.15) is 0 Å². The molecule has 0 bridgehead atoms. The molecule has 1 aliphatic heterocycles. The lowest BCUT2D eigenvalue weighted by Gasteiger charge is -2.27. The van der Waals surface area contributed by atoms with Crippen LogP contribution >= 0.6 is 0 Å². The zero-order chi connectivity index (χ0) is 20.3. The molecule has 6 heteroatoms. The van der Waals surface area contributed by atoms with E-state index in [0.29, 0.717) is 13.2 Å². The maximum atomic E-state index is 13.5. The molecule has 0 saturated carbocycles. The van der Waals surface area contributed by atoms with Crippen molar-refractivity contribution in [3.8, 4) is 11.1 Å². The number of benzene rings is 2. The standard InChI is InChI=1S/C22H26N2O4/c1-22(2,3)28-21(26)23-19-17-11-6-5-9-15(17)16-10-7-8-12-18(16)24(20(19)25)13-14-27-4/h5-12,19H,13-14H2,1-4H3,(H,23,26)/t19-/m0/s1. The van der Waals surface area contributed by atoms with Crippen molar-refractivity contribution >= 4 is 17.7 Å². The highest BCUT2D eigenvalue weighted by molar-refractivity contribution is 6.06. The quantitative estimate of drug-likeness (QED) is 0.870. The fraction of sp³-hybridized carbons (Fsp3) is 0.364. The van der Waals surface area contributed by atoms with Crippen LogP contribution in [0.2, 0.25) is 0 Å². The molecule has 3 rings (SSSR count). The van der Waals surface area contributed by atoms with Crippen LogP contribution in [-0.4, -0.2) is 37.9 Å². The number of hydrogen-bond acceptors (Lipinski definition) is 4. The van der Waals surface area contributed by atoms with Gasteiger partial charge in [-0.15, -0.1) is 0 Å². The Morgan fingerprint density at radius 3 is 2.39 bits per heavy atom. The van der Waals surface area contributed by atoms with Crippen molar-refractivity contribution in [2.24, 2.45) is 0 Å². The molecule has 1 aliphatic rings. The van der Waals surface area contributed by atoms with E-state index in [4.69, 9.17) is 9.47 Å². The molecule has 0 radical (unpaired) electrons. The average Bonchev–Trinajstić information content (AvgIpc) is 2.73. The first kappa shape index (κ1) is 19.9. The second kappa shape index (κ2) is 8.02. The maximum absolute atomic E-state index is 13.5. The second-order valence-electron chi connectivity index (χ2n) is 7.67. The number of carbonyl (C=O) groups excluding carboxylic acids is 2. The van der Waals surface area contributed by atoms with E-state index < -0.39 is 17.7 Å². The molecule has 2 aromatic carbocycles. The minimum atomic E-state index is -0.852. The Morgan fingerprint density at radius 2 is 1.71 bits per heavy atom. The van der Waals surface area contributed by atoms with Gasteiger partial charge in [0.15, 0.2) is 0 Å². The van der Waals surface area contributed by atoms with Crippen LogP contribution in [0, 0.1) is 0 Å². The highest BCUT2D eigenvalue weighted by Gasteiger charge is 2.35. The van der Waals surface area contributed by atoms with Crippen molar-refractivity contribution < 1.29 is 19.1 Å². The molecule has 0 fully saturated rings. The Morgan fingerprint density at radius 1 is 1.07 bits per heavy atom. The molecule has 0 spiro atoms. The zero-order valence-corrected chi connectivity index (χ0v) is 16.7. The molecule has 0 unspecified atom stereocenters. The molecular weight excluding hydrogens is 356 g/mol. The third-order valence-corrected chi connectivity index (χ3v) is 4.45. The predicted octanol–water partition coefficient (Wildman–Crippen LogP) is 3.91. The largest absolute Gasteiger partial charge is 0.444 e. The number of rotatable bonds is 4. The van der Waals surface area contributed by atoms with Gasteiger partial charge in [0.05, 0.1) is 12.3 Å². The number of alkyl carbamates (subject to hydrolysis) is 1. The summed E-state index contributed by atoms with van der Waals surface area (Å²) in [5.41, 5.74) is 2.73. The first-order chi connectivity index (χ1) is 13.3. The zero-order valence-electron chi connectivity index (χ0n) is 16.7. The number of methoxy groups -OCH3 is 1. The van der Waals surface area contributed by atoms with E-state index >= 15 is 0 Å². The van der Waals surface area contributed by atoms with Crippen LogP contribution in [0.1, 0.15) is 32.4 Å². The second-order valence-corrected chi connectivity index (χ2v) is 7.67. The number of nitrogens with zero attached hydrogens (tertiary/aromatic N) is 1. The van der Waals surface area contributed by atoms with E-state index in [9.17, 15) is 9.59 Å². The van der Waals surface area contributed by atoms with Gasteiger partial charge in [-0.1, -0.05) is 42.5 Å². The van der Waals surface area contributed by atoms with Gasteiger partial charge in [0.2, 0.25) is 0 Å². The molecule has 0 saturated heterocycles. The highest BCUT2D eigenvalue weighted by Crippen LogP contribution is 2.40. The Hall–Kier alpha value is -2.86. The summed E-state index contributed by atoms with van der Waals surface area (Å²) in [6.07, 6.45) is -0.627. The number of amides is 2. The van der Waals surface area contributed by atoms with Gasteiger partial charge in [-0.05, 0) is 38.0 Å². The summed E-state index contributed by atoms with van der Waals surface area (Å²) in [7, 11) is 1.60. The van der Waals surface area contributed by atoms with E-state index in [1.165, 1.54) is 0 Å². The predicted molar refractivity (Wildman–Crippen MR) is 108 cm³/mol. The summed E-state index contributed by atoms with van der Waals surface area (Å²) in [5, 5.41) is 2.77. The van der Waals surface area contributed by atoms with E-state index in [-0.39, 0.29) is 5.91 Å². The highest BCUT2D eigenvalue weighted by atomic mass is 16.6. The normalized spacial score (nSPS) is 16.1.